The predicted molar refractivity (Wildman–Crippen MR) is 96.1 cm³/mol. The van der Waals surface area contributed by atoms with Crippen molar-refractivity contribution in [1.29, 1.82) is 0 Å². The fraction of sp³-hybridized carbons (Fsp3) is 0.938. The maximum Gasteiger partial charge on any atom is 0.436 e. The molecule has 2 amide bonds. The van der Waals surface area contributed by atoms with E-state index in [1.165, 1.54) is 19.3 Å². The topological polar surface area (TPSA) is 85.9 Å². The smallest absolute Gasteiger partial charge is 0.381 e. The van der Waals surface area contributed by atoms with Crippen LogP contribution in [0.15, 0.2) is 0 Å². The van der Waals surface area contributed by atoms with Gasteiger partial charge in [0, 0.05) is 19.8 Å². The number of rotatable bonds is 15. The Morgan fingerprint density at radius 2 is 1.75 bits per heavy atom. The minimum Gasteiger partial charge on any atom is -0.381 e. The summed E-state index contributed by atoms with van der Waals surface area (Å²) >= 11 is 0. The van der Waals surface area contributed by atoms with Crippen LogP contribution in [0.2, 0.25) is 0 Å². The maximum atomic E-state index is 12.1. The molecule has 0 bridgehead atoms. The van der Waals surface area contributed by atoms with Crippen LogP contribution < -0.4 is 10.4 Å². The second kappa shape index (κ2) is 14.7. The van der Waals surface area contributed by atoms with Gasteiger partial charge in [-0.15, -0.1) is 0 Å². The molecule has 0 heterocycles. The lowest BCUT2D eigenvalue weighted by Crippen LogP contribution is -2.35. The Bertz CT molecular complexity index is 358. The number of urea groups is 1. The van der Waals surface area contributed by atoms with Gasteiger partial charge in [0.05, 0.1) is 13.2 Å². The van der Waals surface area contributed by atoms with E-state index in [-0.39, 0.29) is 13.2 Å². The molecule has 0 aliphatic carbocycles. The third kappa shape index (κ3) is 11.8. The quantitative estimate of drug-likeness (QED) is 0.337. The van der Waals surface area contributed by atoms with Crippen LogP contribution in [0.3, 0.4) is 0 Å². The fourth-order valence-corrected chi connectivity index (χ4v) is 3.34. The summed E-state index contributed by atoms with van der Waals surface area (Å²) in [6.07, 6.45) is 5.49. The van der Waals surface area contributed by atoms with E-state index < -0.39 is 13.8 Å². The van der Waals surface area contributed by atoms with Crippen molar-refractivity contribution in [3.05, 3.63) is 0 Å². The molecule has 7 nitrogen and oxygen atoms in total. The van der Waals surface area contributed by atoms with Crippen LogP contribution in [0.5, 0.6) is 0 Å². The number of ether oxygens (including phenoxy) is 1. The third-order valence-corrected chi connectivity index (χ3v) is 5.16. The highest BCUT2D eigenvalue weighted by Crippen LogP contribution is 2.43. The van der Waals surface area contributed by atoms with Crippen molar-refractivity contribution in [3.63, 3.8) is 0 Å². The van der Waals surface area contributed by atoms with Gasteiger partial charge >= 0.3 is 13.8 Å². The Kier molecular flexibility index (Phi) is 14.3. The van der Waals surface area contributed by atoms with Crippen molar-refractivity contribution in [2.24, 2.45) is 5.92 Å². The molecule has 0 aromatic carbocycles. The zero-order valence-electron chi connectivity index (χ0n) is 15.6. The molecule has 144 valence electrons. The Morgan fingerprint density at radius 1 is 1.08 bits per heavy atom. The summed E-state index contributed by atoms with van der Waals surface area (Å²) in [7, 11) is -3.56. The molecule has 8 heteroatoms. The Hall–Kier alpha value is -0.620. The van der Waals surface area contributed by atoms with E-state index in [0.29, 0.717) is 25.5 Å². The van der Waals surface area contributed by atoms with E-state index >= 15 is 0 Å². The highest BCUT2D eigenvalue weighted by Gasteiger charge is 2.26. The van der Waals surface area contributed by atoms with Gasteiger partial charge in [-0.2, -0.15) is 0 Å². The number of unbranched alkanes of at least 4 members (excludes halogenated alkanes) is 1. The first-order valence-corrected chi connectivity index (χ1v) is 10.6. The lowest BCUT2D eigenvalue weighted by atomic mass is 10.0. The lowest BCUT2D eigenvalue weighted by Gasteiger charge is -2.18. The summed E-state index contributed by atoms with van der Waals surface area (Å²) in [6.45, 7) is 9.95. The number of carbonyl (C=O) groups excluding carboxylic acids is 1. The van der Waals surface area contributed by atoms with Crippen LogP contribution >= 0.6 is 7.75 Å². The zero-order valence-corrected chi connectivity index (χ0v) is 16.5. The molecule has 0 aromatic heterocycles. The normalized spacial score (nSPS) is 12.8. The van der Waals surface area contributed by atoms with Crippen molar-refractivity contribution in [3.8, 4) is 0 Å². The maximum absolute atomic E-state index is 12.1. The second-order valence-electron chi connectivity index (χ2n) is 5.55. The average molecular weight is 366 g/mol. The highest BCUT2D eigenvalue weighted by atomic mass is 31.2. The van der Waals surface area contributed by atoms with Gasteiger partial charge < -0.3 is 10.1 Å². The van der Waals surface area contributed by atoms with E-state index in [4.69, 9.17) is 13.8 Å². The summed E-state index contributed by atoms with van der Waals surface area (Å²) in [5.74, 6) is 0.615. The molecule has 0 aromatic rings. The minimum absolute atomic E-state index is 0.196. The van der Waals surface area contributed by atoms with E-state index in [0.717, 1.165) is 13.0 Å². The summed E-state index contributed by atoms with van der Waals surface area (Å²) in [5, 5.41) is 4.89. The van der Waals surface area contributed by atoms with E-state index in [1.807, 2.05) is 0 Å². The van der Waals surface area contributed by atoms with Crippen LogP contribution in [-0.2, 0) is 18.3 Å². The molecule has 0 saturated heterocycles. The number of carbonyl (C=O) groups is 1. The molecule has 0 aliphatic rings. The van der Waals surface area contributed by atoms with Gasteiger partial charge in [0.1, 0.15) is 0 Å². The molecule has 0 aliphatic heterocycles. The third-order valence-electron chi connectivity index (χ3n) is 3.48. The van der Waals surface area contributed by atoms with Crippen LogP contribution in [0.4, 0.5) is 4.79 Å². The first-order chi connectivity index (χ1) is 11.5. The number of amides is 2. The van der Waals surface area contributed by atoms with Gasteiger partial charge in [0.25, 0.3) is 0 Å². The first kappa shape index (κ1) is 23.4. The van der Waals surface area contributed by atoms with Crippen molar-refractivity contribution in [2.45, 2.75) is 59.8 Å². The molecule has 1 unspecified atom stereocenters. The Balaban J connectivity index is 3.83. The van der Waals surface area contributed by atoms with Crippen LogP contribution in [0, 0.1) is 5.92 Å². The van der Waals surface area contributed by atoms with Crippen molar-refractivity contribution in [1.82, 2.24) is 10.4 Å². The molecular formula is C16H35N2O5P. The van der Waals surface area contributed by atoms with Gasteiger partial charge in [-0.3, -0.25) is 9.05 Å². The molecule has 0 spiro atoms. The zero-order chi connectivity index (χ0) is 18.3. The fourth-order valence-electron chi connectivity index (χ4n) is 2.13. The van der Waals surface area contributed by atoms with E-state index in [1.54, 1.807) is 13.8 Å². The predicted octanol–water partition coefficient (Wildman–Crippen LogP) is 4.09. The number of nitrogens with one attached hydrogen (secondary N) is 2. The average Bonchev–Trinajstić information content (AvgIpc) is 2.53. The van der Waals surface area contributed by atoms with Crippen LogP contribution in [0.1, 0.15) is 59.8 Å². The number of hydrogen-bond acceptors (Lipinski definition) is 5. The molecule has 24 heavy (non-hydrogen) atoms. The molecule has 0 radical (unpaired) electrons. The summed E-state index contributed by atoms with van der Waals surface area (Å²) in [5.41, 5.74) is 0. The largest absolute Gasteiger partial charge is 0.436 e. The molecular weight excluding hydrogens is 331 g/mol. The van der Waals surface area contributed by atoms with Gasteiger partial charge in [-0.1, -0.05) is 33.1 Å². The van der Waals surface area contributed by atoms with Gasteiger partial charge in [0.2, 0.25) is 0 Å². The molecule has 2 N–H and O–H groups in total. The lowest BCUT2D eigenvalue weighted by molar-refractivity contribution is 0.0924. The molecule has 1 atom stereocenters. The summed E-state index contributed by atoms with van der Waals surface area (Å²) < 4.78 is 27.8. The van der Waals surface area contributed by atoms with Crippen LogP contribution in [-0.4, -0.2) is 39.0 Å². The van der Waals surface area contributed by atoms with Gasteiger partial charge in [-0.25, -0.2) is 14.4 Å². The highest BCUT2D eigenvalue weighted by molar-refractivity contribution is 7.52. The number of hydrogen-bond donors (Lipinski definition) is 2. The van der Waals surface area contributed by atoms with E-state index in [2.05, 4.69) is 24.3 Å². The Labute approximate surface area is 146 Å². The summed E-state index contributed by atoms with van der Waals surface area (Å²) in [4.78, 5) is 11.7. The van der Waals surface area contributed by atoms with Gasteiger partial charge in [0.15, 0.2) is 0 Å². The van der Waals surface area contributed by atoms with Crippen molar-refractivity contribution < 1.29 is 23.1 Å². The standard InChI is InChI=1S/C16H35N2O5P/c1-5-9-11-15(6-2)14-21-13-10-12-17-16(19)18-24(20,22-7-3)23-8-4/h15H,5-14H2,1-4H3,(H2,17,18,19,20). The van der Waals surface area contributed by atoms with Gasteiger partial charge in [-0.05, 0) is 32.6 Å². The SMILES string of the molecule is CCCCC(CC)COCCCNC(=O)NP(=O)(OCC)OCC. The Morgan fingerprint density at radius 3 is 2.29 bits per heavy atom. The molecule has 0 rings (SSSR count). The molecule has 0 fully saturated rings. The minimum atomic E-state index is -3.56. The van der Waals surface area contributed by atoms with Crippen molar-refractivity contribution >= 4 is 13.8 Å². The monoisotopic (exact) mass is 366 g/mol. The van der Waals surface area contributed by atoms with E-state index in [9.17, 15) is 9.36 Å². The second-order valence-corrected chi connectivity index (χ2v) is 7.28. The first-order valence-electron chi connectivity index (χ1n) is 9.04. The molecule has 0 saturated carbocycles. The summed E-state index contributed by atoms with van der Waals surface area (Å²) in [6, 6.07) is -0.561. The van der Waals surface area contributed by atoms with Crippen molar-refractivity contribution in [2.75, 3.05) is 33.0 Å². The van der Waals surface area contributed by atoms with Crippen LogP contribution in [0.25, 0.3) is 0 Å².